The highest BCUT2D eigenvalue weighted by molar-refractivity contribution is 9.10. The van der Waals surface area contributed by atoms with Gasteiger partial charge >= 0.3 is 0 Å². The predicted molar refractivity (Wildman–Crippen MR) is 72.3 cm³/mol. The van der Waals surface area contributed by atoms with Crippen molar-refractivity contribution in [2.24, 2.45) is 0 Å². The van der Waals surface area contributed by atoms with E-state index in [-0.39, 0.29) is 5.91 Å². The Bertz CT molecular complexity index is 517. The molecule has 0 spiro atoms. The number of carbonyl (C=O) groups excluding carboxylic acids is 1. The number of furan rings is 1. The van der Waals surface area contributed by atoms with Crippen molar-refractivity contribution in [1.29, 1.82) is 0 Å². The summed E-state index contributed by atoms with van der Waals surface area (Å²) in [6.45, 7) is 3.39. The van der Waals surface area contributed by atoms with Crippen molar-refractivity contribution >= 4 is 21.8 Å². The lowest BCUT2D eigenvalue weighted by Crippen LogP contribution is -2.25. The summed E-state index contributed by atoms with van der Waals surface area (Å²) in [5, 5.41) is 2.87. The highest BCUT2D eigenvalue weighted by atomic mass is 79.9. The molecule has 1 N–H and O–H groups in total. The van der Waals surface area contributed by atoms with Gasteiger partial charge < -0.3 is 14.3 Å². The van der Waals surface area contributed by atoms with Gasteiger partial charge in [0.05, 0.1) is 12.5 Å². The van der Waals surface area contributed by atoms with E-state index in [0.717, 1.165) is 23.0 Å². The summed E-state index contributed by atoms with van der Waals surface area (Å²) in [7, 11) is 0. The maximum Gasteiger partial charge on any atom is 0.268 e. The minimum Gasteiger partial charge on any atom is -0.472 e. The van der Waals surface area contributed by atoms with Crippen molar-refractivity contribution in [3.8, 4) is 0 Å². The van der Waals surface area contributed by atoms with E-state index in [2.05, 4.69) is 28.2 Å². The Hall–Kier alpha value is -1.49. The van der Waals surface area contributed by atoms with E-state index in [1.807, 2.05) is 22.9 Å². The van der Waals surface area contributed by atoms with Crippen LogP contribution in [0.15, 0.2) is 39.7 Å². The summed E-state index contributed by atoms with van der Waals surface area (Å²) in [6, 6.07) is 3.67. The molecule has 0 unspecified atom stereocenters. The van der Waals surface area contributed by atoms with E-state index in [1.54, 1.807) is 12.5 Å². The van der Waals surface area contributed by atoms with Crippen LogP contribution in [0, 0.1) is 0 Å². The summed E-state index contributed by atoms with van der Waals surface area (Å²) in [5.74, 6) is -0.0737. The molecule has 0 bridgehead atoms. The van der Waals surface area contributed by atoms with E-state index in [0.29, 0.717) is 12.2 Å². The molecular formula is C13H15BrN2O2. The number of halogens is 1. The van der Waals surface area contributed by atoms with Crippen molar-refractivity contribution in [2.45, 2.75) is 26.4 Å². The zero-order chi connectivity index (χ0) is 13.0. The molecule has 18 heavy (non-hydrogen) atoms. The Morgan fingerprint density at radius 1 is 1.56 bits per heavy atom. The number of amides is 1. The number of rotatable bonds is 5. The van der Waals surface area contributed by atoms with E-state index < -0.39 is 0 Å². The van der Waals surface area contributed by atoms with Gasteiger partial charge in [0.25, 0.3) is 5.91 Å². The zero-order valence-corrected chi connectivity index (χ0v) is 11.7. The number of aryl methyl sites for hydroxylation is 1. The van der Waals surface area contributed by atoms with Crippen LogP contribution in [0.3, 0.4) is 0 Å². The fourth-order valence-electron chi connectivity index (χ4n) is 1.76. The van der Waals surface area contributed by atoms with Crippen LogP contribution in [-0.4, -0.2) is 10.5 Å². The van der Waals surface area contributed by atoms with E-state index in [1.165, 1.54) is 0 Å². The third-order valence-corrected chi connectivity index (χ3v) is 3.03. The van der Waals surface area contributed by atoms with Crippen LogP contribution in [0.4, 0.5) is 0 Å². The Balaban J connectivity index is 2.03. The number of carbonyl (C=O) groups is 1. The molecule has 1 amide bonds. The van der Waals surface area contributed by atoms with Crippen LogP contribution >= 0.6 is 15.9 Å². The minimum absolute atomic E-state index is 0.0737. The molecule has 0 aliphatic rings. The molecule has 4 nitrogen and oxygen atoms in total. The van der Waals surface area contributed by atoms with Crippen LogP contribution in [0.1, 0.15) is 29.4 Å². The molecule has 2 rings (SSSR count). The molecule has 96 valence electrons. The standard InChI is InChI=1S/C13H15BrN2O2/c1-2-4-16-8-11(14)6-12(16)13(17)15-7-10-3-5-18-9-10/h3,5-6,8-9H,2,4,7H2,1H3,(H,15,17). The minimum atomic E-state index is -0.0737. The van der Waals surface area contributed by atoms with Gasteiger partial charge in [0.15, 0.2) is 0 Å². The molecule has 0 radical (unpaired) electrons. The monoisotopic (exact) mass is 310 g/mol. The molecule has 2 heterocycles. The van der Waals surface area contributed by atoms with E-state index >= 15 is 0 Å². The first-order valence-corrected chi connectivity index (χ1v) is 6.65. The molecule has 0 aliphatic carbocycles. The molecule has 2 aromatic heterocycles. The highest BCUT2D eigenvalue weighted by Crippen LogP contribution is 2.15. The summed E-state index contributed by atoms with van der Waals surface area (Å²) in [6.07, 6.45) is 6.14. The normalized spacial score (nSPS) is 10.6. The number of hydrogen-bond acceptors (Lipinski definition) is 2. The summed E-state index contributed by atoms with van der Waals surface area (Å²) < 4.78 is 7.83. The quantitative estimate of drug-likeness (QED) is 0.922. The fourth-order valence-corrected chi connectivity index (χ4v) is 2.22. The second kappa shape index (κ2) is 5.91. The van der Waals surface area contributed by atoms with Gasteiger partial charge in [-0.3, -0.25) is 4.79 Å². The number of nitrogens with zero attached hydrogens (tertiary/aromatic N) is 1. The van der Waals surface area contributed by atoms with Crippen molar-refractivity contribution < 1.29 is 9.21 Å². The molecule has 0 saturated heterocycles. The summed E-state index contributed by atoms with van der Waals surface area (Å²) in [4.78, 5) is 12.1. The maximum absolute atomic E-state index is 12.1. The average Bonchev–Trinajstić information content (AvgIpc) is 2.96. The molecule has 0 saturated carbocycles. The Kier molecular flexibility index (Phi) is 4.25. The first-order chi connectivity index (χ1) is 8.70. The molecule has 2 aromatic rings. The van der Waals surface area contributed by atoms with Crippen LogP contribution in [0.5, 0.6) is 0 Å². The molecule has 0 aliphatic heterocycles. The largest absolute Gasteiger partial charge is 0.472 e. The second-order valence-corrected chi connectivity index (χ2v) is 4.97. The Morgan fingerprint density at radius 3 is 3.06 bits per heavy atom. The van der Waals surface area contributed by atoms with E-state index in [4.69, 9.17) is 4.42 Å². The van der Waals surface area contributed by atoms with Gasteiger partial charge in [-0.15, -0.1) is 0 Å². The highest BCUT2D eigenvalue weighted by Gasteiger charge is 2.12. The molecule has 0 fully saturated rings. The van der Waals surface area contributed by atoms with Gasteiger partial charge in [0, 0.05) is 29.3 Å². The van der Waals surface area contributed by atoms with Crippen molar-refractivity contribution in [2.75, 3.05) is 0 Å². The average molecular weight is 311 g/mol. The first-order valence-electron chi connectivity index (χ1n) is 5.85. The van der Waals surface area contributed by atoms with Crippen LogP contribution < -0.4 is 5.32 Å². The number of aromatic nitrogens is 1. The second-order valence-electron chi connectivity index (χ2n) is 4.05. The van der Waals surface area contributed by atoms with E-state index in [9.17, 15) is 4.79 Å². The van der Waals surface area contributed by atoms with Crippen molar-refractivity contribution in [1.82, 2.24) is 9.88 Å². The SMILES string of the molecule is CCCn1cc(Br)cc1C(=O)NCc1ccoc1. The van der Waals surface area contributed by atoms with Gasteiger partial charge in [-0.25, -0.2) is 0 Å². The molecule has 5 heteroatoms. The molecular weight excluding hydrogens is 296 g/mol. The smallest absolute Gasteiger partial charge is 0.268 e. The van der Waals surface area contributed by atoms with Crippen LogP contribution in [-0.2, 0) is 13.1 Å². The summed E-state index contributed by atoms with van der Waals surface area (Å²) >= 11 is 3.40. The Labute approximate surface area is 114 Å². The van der Waals surface area contributed by atoms with Gasteiger partial charge in [-0.1, -0.05) is 6.92 Å². The third kappa shape index (κ3) is 3.04. The third-order valence-electron chi connectivity index (χ3n) is 2.59. The summed E-state index contributed by atoms with van der Waals surface area (Å²) in [5.41, 5.74) is 1.63. The first kappa shape index (κ1) is 13.0. The molecule has 0 aromatic carbocycles. The molecule has 0 atom stereocenters. The topological polar surface area (TPSA) is 47.2 Å². The van der Waals surface area contributed by atoms with Gasteiger partial charge in [-0.2, -0.15) is 0 Å². The maximum atomic E-state index is 12.1. The predicted octanol–water partition coefficient (Wildman–Crippen LogP) is 3.18. The van der Waals surface area contributed by atoms with Gasteiger partial charge in [0.2, 0.25) is 0 Å². The lowest BCUT2D eigenvalue weighted by molar-refractivity contribution is 0.0941. The lowest BCUT2D eigenvalue weighted by Gasteiger charge is -2.07. The van der Waals surface area contributed by atoms with Crippen molar-refractivity contribution in [3.63, 3.8) is 0 Å². The lowest BCUT2D eigenvalue weighted by atomic mass is 10.3. The van der Waals surface area contributed by atoms with Crippen LogP contribution in [0.2, 0.25) is 0 Å². The zero-order valence-electron chi connectivity index (χ0n) is 10.1. The van der Waals surface area contributed by atoms with Crippen molar-refractivity contribution in [3.05, 3.63) is 46.6 Å². The number of nitrogens with one attached hydrogen (secondary N) is 1. The number of hydrogen-bond donors (Lipinski definition) is 1. The fraction of sp³-hybridized carbons (Fsp3) is 0.308. The van der Waals surface area contributed by atoms with Gasteiger partial charge in [0.1, 0.15) is 5.69 Å². The van der Waals surface area contributed by atoms with Gasteiger partial charge in [-0.05, 0) is 34.5 Å². The Morgan fingerprint density at radius 2 is 2.39 bits per heavy atom. The van der Waals surface area contributed by atoms with Crippen LogP contribution in [0.25, 0.3) is 0 Å².